The van der Waals surface area contributed by atoms with Gasteiger partial charge in [0.2, 0.25) is 0 Å². The third kappa shape index (κ3) is 5.44. The molecule has 1 amide bonds. The standard InChI is InChI=1S/C21H20ClNO4S2/c1-3-25-18-12-14(13-19-20(24)23(2)21(28)29-19)8-9-17(18)27-11-10-26-16-7-5-4-6-15(16)22/h4-9,12-13H,3,10-11H2,1-2H3/b19-13+. The van der Waals surface area contributed by atoms with Crippen LogP contribution in [-0.2, 0) is 4.79 Å². The average molecular weight is 450 g/mol. The van der Waals surface area contributed by atoms with E-state index in [0.717, 1.165) is 5.56 Å². The second kappa shape index (κ2) is 10.0. The molecule has 0 aliphatic carbocycles. The first-order chi connectivity index (χ1) is 14.0. The van der Waals surface area contributed by atoms with Gasteiger partial charge >= 0.3 is 0 Å². The smallest absolute Gasteiger partial charge is 0.265 e. The van der Waals surface area contributed by atoms with E-state index in [0.29, 0.717) is 51.3 Å². The maximum absolute atomic E-state index is 12.2. The Morgan fingerprint density at radius 2 is 1.79 bits per heavy atom. The Morgan fingerprint density at radius 1 is 1.07 bits per heavy atom. The molecule has 0 N–H and O–H groups in total. The highest BCUT2D eigenvalue weighted by Crippen LogP contribution is 2.34. The molecule has 1 heterocycles. The van der Waals surface area contributed by atoms with Crippen molar-refractivity contribution in [2.45, 2.75) is 6.92 Å². The number of para-hydroxylation sites is 1. The lowest BCUT2D eigenvalue weighted by atomic mass is 10.2. The molecule has 8 heteroatoms. The van der Waals surface area contributed by atoms with Gasteiger partial charge in [0, 0.05) is 7.05 Å². The zero-order valence-electron chi connectivity index (χ0n) is 16.0. The van der Waals surface area contributed by atoms with Crippen LogP contribution < -0.4 is 14.2 Å². The molecular formula is C21H20ClNO4S2. The molecule has 1 aliphatic heterocycles. The zero-order chi connectivity index (χ0) is 20.8. The molecule has 0 saturated carbocycles. The van der Waals surface area contributed by atoms with Crippen LogP contribution in [-0.4, -0.2) is 42.0 Å². The molecule has 2 aromatic carbocycles. The van der Waals surface area contributed by atoms with Crippen LogP contribution in [0, 0.1) is 0 Å². The topological polar surface area (TPSA) is 48.0 Å². The van der Waals surface area contributed by atoms with Crippen LogP contribution >= 0.6 is 35.6 Å². The molecule has 1 aliphatic rings. The van der Waals surface area contributed by atoms with E-state index in [1.807, 2.05) is 43.3 Å². The third-order valence-corrected chi connectivity index (χ3v) is 5.78. The van der Waals surface area contributed by atoms with Crippen LogP contribution in [0.5, 0.6) is 17.2 Å². The average Bonchev–Trinajstić information content (AvgIpc) is 2.95. The number of thiocarbonyl (C=S) groups is 1. The lowest BCUT2D eigenvalue weighted by Gasteiger charge is -2.13. The normalized spacial score (nSPS) is 15.1. The number of nitrogens with zero attached hydrogens (tertiary/aromatic N) is 1. The van der Waals surface area contributed by atoms with Gasteiger partial charge in [0.05, 0.1) is 16.5 Å². The highest BCUT2D eigenvalue weighted by atomic mass is 35.5. The van der Waals surface area contributed by atoms with Crippen LogP contribution in [0.1, 0.15) is 12.5 Å². The first-order valence-corrected chi connectivity index (χ1v) is 10.6. The molecule has 3 rings (SSSR count). The molecule has 0 atom stereocenters. The largest absolute Gasteiger partial charge is 0.490 e. The van der Waals surface area contributed by atoms with Gasteiger partial charge in [0.15, 0.2) is 11.5 Å². The van der Waals surface area contributed by atoms with Gasteiger partial charge in [0.1, 0.15) is 23.3 Å². The van der Waals surface area contributed by atoms with Gasteiger partial charge in [-0.3, -0.25) is 9.69 Å². The summed E-state index contributed by atoms with van der Waals surface area (Å²) in [6, 6.07) is 12.8. The Morgan fingerprint density at radius 3 is 2.45 bits per heavy atom. The summed E-state index contributed by atoms with van der Waals surface area (Å²) in [5.41, 5.74) is 0.835. The molecule has 0 spiro atoms. The van der Waals surface area contributed by atoms with Gasteiger partial charge in [-0.1, -0.05) is 53.8 Å². The number of benzene rings is 2. The van der Waals surface area contributed by atoms with Crippen LogP contribution in [0.25, 0.3) is 6.08 Å². The van der Waals surface area contributed by atoms with E-state index >= 15 is 0 Å². The predicted molar refractivity (Wildman–Crippen MR) is 121 cm³/mol. The lowest BCUT2D eigenvalue weighted by Crippen LogP contribution is -2.22. The molecule has 0 aromatic heterocycles. The van der Waals surface area contributed by atoms with Crippen molar-refractivity contribution in [3.8, 4) is 17.2 Å². The summed E-state index contributed by atoms with van der Waals surface area (Å²) < 4.78 is 17.7. The number of carbonyl (C=O) groups is 1. The lowest BCUT2D eigenvalue weighted by molar-refractivity contribution is -0.121. The monoisotopic (exact) mass is 449 g/mol. The van der Waals surface area contributed by atoms with E-state index in [1.165, 1.54) is 16.7 Å². The Kier molecular flexibility index (Phi) is 7.41. The maximum Gasteiger partial charge on any atom is 0.265 e. The first-order valence-electron chi connectivity index (χ1n) is 8.98. The number of amides is 1. The van der Waals surface area contributed by atoms with Crippen molar-refractivity contribution < 1.29 is 19.0 Å². The molecule has 2 aromatic rings. The van der Waals surface area contributed by atoms with Crippen molar-refractivity contribution in [1.82, 2.24) is 4.90 Å². The number of hydrogen-bond donors (Lipinski definition) is 0. The summed E-state index contributed by atoms with van der Waals surface area (Å²) in [5, 5.41) is 0.560. The number of rotatable bonds is 8. The van der Waals surface area contributed by atoms with Crippen LogP contribution in [0.15, 0.2) is 47.4 Å². The maximum atomic E-state index is 12.2. The summed E-state index contributed by atoms with van der Waals surface area (Å²) in [4.78, 5) is 14.2. The fourth-order valence-corrected chi connectivity index (χ4v) is 3.93. The van der Waals surface area contributed by atoms with E-state index in [2.05, 4.69) is 0 Å². The molecule has 0 radical (unpaired) electrons. The Bertz CT molecular complexity index is 948. The zero-order valence-corrected chi connectivity index (χ0v) is 18.4. The number of thioether (sulfide) groups is 1. The number of ether oxygens (including phenoxy) is 3. The Balaban J connectivity index is 1.66. The highest BCUT2D eigenvalue weighted by molar-refractivity contribution is 8.26. The summed E-state index contributed by atoms with van der Waals surface area (Å²) in [7, 11) is 1.67. The van der Waals surface area contributed by atoms with Gasteiger partial charge in [-0.2, -0.15) is 0 Å². The fraction of sp³-hybridized carbons (Fsp3) is 0.238. The molecule has 0 unspecified atom stereocenters. The van der Waals surface area contributed by atoms with Crippen molar-refractivity contribution in [2.24, 2.45) is 0 Å². The van der Waals surface area contributed by atoms with Crippen molar-refractivity contribution in [3.05, 3.63) is 58.0 Å². The quantitative estimate of drug-likeness (QED) is 0.320. The minimum atomic E-state index is -0.102. The van der Waals surface area contributed by atoms with E-state index < -0.39 is 0 Å². The fourth-order valence-electron chi connectivity index (χ4n) is 2.56. The van der Waals surface area contributed by atoms with Gasteiger partial charge < -0.3 is 14.2 Å². The van der Waals surface area contributed by atoms with Crippen molar-refractivity contribution in [1.29, 1.82) is 0 Å². The van der Waals surface area contributed by atoms with Gasteiger partial charge in [-0.05, 0) is 42.8 Å². The van der Waals surface area contributed by atoms with Gasteiger partial charge in [0.25, 0.3) is 5.91 Å². The van der Waals surface area contributed by atoms with E-state index in [4.69, 9.17) is 38.0 Å². The molecular weight excluding hydrogens is 430 g/mol. The SMILES string of the molecule is CCOc1cc(/C=C2/SC(=S)N(C)C2=O)ccc1OCCOc1ccccc1Cl. The van der Waals surface area contributed by atoms with Crippen molar-refractivity contribution in [2.75, 3.05) is 26.9 Å². The molecule has 1 saturated heterocycles. The summed E-state index contributed by atoms with van der Waals surface area (Å²) >= 11 is 12.5. The molecule has 5 nitrogen and oxygen atoms in total. The Labute approximate surface area is 184 Å². The summed E-state index contributed by atoms with van der Waals surface area (Å²) in [6.07, 6.45) is 1.80. The summed E-state index contributed by atoms with van der Waals surface area (Å²) in [5.74, 6) is 1.72. The van der Waals surface area contributed by atoms with Gasteiger partial charge in [-0.15, -0.1) is 0 Å². The van der Waals surface area contributed by atoms with E-state index in [1.54, 1.807) is 19.2 Å². The second-order valence-electron chi connectivity index (χ2n) is 6.01. The van der Waals surface area contributed by atoms with Crippen LogP contribution in [0.2, 0.25) is 5.02 Å². The van der Waals surface area contributed by atoms with Crippen LogP contribution in [0.4, 0.5) is 0 Å². The number of halogens is 1. The number of carbonyl (C=O) groups excluding carboxylic acids is 1. The molecule has 29 heavy (non-hydrogen) atoms. The van der Waals surface area contributed by atoms with Gasteiger partial charge in [-0.25, -0.2) is 0 Å². The van der Waals surface area contributed by atoms with Crippen molar-refractivity contribution >= 4 is 51.9 Å². The van der Waals surface area contributed by atoms with Crippen LogP contribution in [0.3, 0.4) is 0 Å². The number of likely N-dealkylation sites (N-methyl/N-ethyl adjacent to an activating group) is 1. The minimum Gasteiger partial charge on any atom is -0.490 e. The van der Waals surface area contributed by atoms with Crippen molar-refractivity contribution in [3.63, 3.8) is 0 Å². The molecule has 0 bridgehead atoms. The minimum absolute atomic E-state index is 0.102. The number of hydrogen-bond acceptors (Lipinski definition) is 6. The third-order valence-electron chi connectivity index (χ3n) is 3.99. The van der Waals surface area contributed by atoms with E-state index in [-0.39, 0.29) is 5.91 Å². The summed E-state index contributed by atoms with van der Waals surface area (Å²) in [6.45, 7) is 3.07. The highest BCUT2D eigenvalue weighted by Gasteiger charge is 2.28. The molecule has 1 fully saturated rings. The Hall–Kier alpha value is -2.22. The predicted octanol–water partition coefficient (Wildman–Crippen LogP) is 5.03. The van der Waals surface area contributed by atoms with E-state index in [9.17, 15) is 4.79 Å². The molecule has 152 valence electrons. The second-order valence-corrected chi connectivity index (χ2v) is 8.09. The first kappa shape index (κ1) is 21.5.